The van der Waals surface area contributed by atoms with Crippen molar-refractivity contribution in [2.75, 3.05) is 26.3 Å². The molecule has 1 aromatic heterocycles. The van der Waals surface area contributed by atoms with Crippen LogP contribution in [0.5, 0.6) is 28.7 Å². The van der Waals surface area contributed by atoms with Gasteiger partial charge < -0.3 is 23.7 Å². The minimum Gasteiger partial charge on any atom is -0.493 e. The highest BCUT2D eigenvalue weighted by molar-refractivity contribution is 7.15. The van der Waals surface area contributed by atoms with Gasteiger partial charge in [-0.3, -0.25) is 10.1 Å². The maximum atomic E-state index is 12.5. The molecule has 10 heteroatoms. The summed E-state index contributed by atoms with van der Waals surface area (Å²) in [4.78, 5) is 17.6. The summed E-state index contributed by atoms with van der Waals surface area (Å²) in [6.07, 6.45) is 3.09. The van der Waals surface area contributed by atoms with Crippen molar-refractivity contribution in [3.8, 4) is 34.8 Å². The molecule has 9 nitrogen and oxygen atoms in total. The van der Waals surface area contributed by atoms with Gasteiger partial charge in [-0.05, 0) is 48.4 Å². The van der Waals surface area contributed by atoms with Gasteiger partial charge in [-0.15, -0.1) is 11.3 Å². The first-order valence-electron chi connectivity index (χ1n) is 10.1. The number of fused-ring (bicyclic) bond motifs is 1. The maximum Gasteiger partial charge on any atom is 0.268 e. The number of amides is 1. The zero-order chi connectivity index (χ0) is 24.1. The smallest absolute Gasteiger partial charge is 0.268 e. The van der Waals surface area contributed by atoms with E-state index in [-0.39, 0.29) is 19.0 Å². The summed E-state index contributed by atoms with van der Waals surface area (Å²) in [5.41, 5.74) is 1.32. The Morgan fingerprint density at radius 2 is 1.94 bits per heavy atom. The van der Waals surface area contributed by atoms with Gasteiger partial charge in [-0.25, -0.2) is 4.98 Å². The summed E-state index contributed by atoms with van der Waals surface area (Å²) in [5, 5.41) is 12.6. The van der Waals surface area contributed by atoms with Crippen LogP contribution >= 0.6 is 11.3 Å². The first-order chi connectivity index (χ1) is 16.5. The molecule has 1 aliphatic heterocycles. The lowest BCUT2D eigenvalue weighted by molar-refractivity contribution is -0.112. The van der Waals surface area contributed by atoms with E-state index in [9.17, 15) is 10.1 Å². The molecule has 0 aliphatic carbocycles. The summed E-state index contributed by atoms with van der Waals surface area (Å²) in [6.45, 7) is 2.31. The fourth-order valence-corrected chi connectivity index (χ4v) is 3.86. The Morgan fingerprint density at radius 3 is 2.59 bits per heavy atom. The Kier molecular flexibility index (Phi) is 6.85. The number of thiazole rings is 1. The lowest BCUT2D eigenvalue weighted by Crippen LogP contribution is -2.13. The summed E-state index contributed by atoms with van der Waals surface area (Å²) in [7, 11) is 3.00. The summed E-state index contributed by atoms with van der Waals surface area (Å²) >= 11 is 1.32. The Bertz CT molecular complexity index is 1270. The van der Waals surface area contributed by atoms with Crippen LogP contribution in [-0.2, 0) is 11.4 Å². The van der Waals surface area contributed by atoms with Crippen molar-refractivity contribution in [3.05, 3.63) is 58.1 Å². The summed E-state index contributed by atoms with van der Waals surface area (Å²) in [6, 6.07) is 10.8. The van der Waals surface area contributed by atoms with E-state index in [0.717, 1.165) is 10.4 Å². The lowest BCUT2D eigenvalue weighted by Gasteiger charge is -2.16. The molecule has 0 radical (unpaired) electrons. The largest absolute Gasteiger partial charge is 0.493 e. The number of aromatic nitrogens is 1. The molecule has 0 bridgehead atoms. The van der Waals surface area contributed by atoms with Crippen LogP contribution in [0.25, 0.3) is 6.08 Å². The third kappa shape index (κ3) is 5.05. The predicted octanol–water partition coefficient (Wildman–Crippen LogP) is 4.32. The molecule has 0 saturated heterocycles. The topological polar surface area (TPSA) is 112 Å². The first-order valence-corrected chi connectivity index (χ1v) is 10.9. The Balaban J connectivity index is 1.56. The number of hydrogen-bond acceptors (Lipinski definition) is 9. The van der Waals surface area contributed by atoms with Gasteiger partial charge in [-0.2, -0.15) is 5.26 Å². The van der Waals surface area contributed by atoms with Crippen molar-refractivity contribution in [1.29, 1.82) is 5.26 Å². The van der Waals surface area contributed by atoms with Gasteiger partial charge in [0.15, 0.2) is 28.1 Å². The second-order valence-corrected chi connectivity index (χ2v) is 8.37. The Hall–Kier alpha value is -4.23. The Morgan fingerprint density at radius 1 is 1.21 bits per heavy atom. The monoisotopic (exact) mass is 479 g/mol. The third-order valence-electron chi connectivity index (χ3n) is 4.82. The minimum atomic E-state index is -0.557. The predicted molar refractivity (Wildman–Crippen MR) is 126 cm³/mol. The van der Waals surface area contributed by atoms with Gasteiger partial charge in [0.1, 0.15) is 18.2 Å². The van der Waals surface area contributed by atoms with Gasteiger partial charge in [0.2, 0.25) is 12.5 Å². The molecule has 34 heavy (non-hydrogen) atoms. The number of anilines is 1. The molecule has 4 rings (SSSR count). The normalized spacial score (nSPS) is 12.1. The van der Waals surface area contributed by atoms with Gasteiger partial charge in [0.25, 0.3) is 5.91 Å². The molecule has 0 saturated carbocycles. The molecule has 1 aliphatic rings. The van der Waals surface area contributed by atoms with Crippen LogP contribution in [0.1, 0.15) is 16.0 Å². The highest BCUT2D eigenvalue weighted by atomic mass is 32.1. The zero-order valence-corrected chi connectivity index (χ0v) is 19.5. The van der Waals surface area contributed by atoms with Gasteiger partial charge >= 0.3 is 0 Å². The number of hydrogen-bond donors (Lipinski definition) is 1. The molecule has 0 spiro atoms. The van der Waals surface area contributed by atoms with Crippen molar-refractivity contribution >= 4 is 28.5 Å². The van der Waals surface area contributed by atoms with Crippen molar-refractivity contribution in [2.24, 2.45) is 0 Å². The van der Waals surface area contributed by atoms with Crippen LogP contribution < -0.4 is 29.0 Å². The molecule has 174 valence electrons. The molecule has 2 aromatic carbocycles. The molecule has 1 N–H and O–H groups in total. The van der Waals surface area contributed by atoms with Crippen LogP contribution in [0.3, 0.4) is 0 Å². The van der Waals surface area contributed by atoms with Crippen molar-refractivity contribution in [1.82, 2.24) is 4.98 Å². The number of aryl methyl sites for hydroxylation is 1. The Labute approximate surface area is 200 Å². The van der Waals surface area contributed by atoms with Gasteiger partial charge in [-0.1, -0.05) is 6.07 Å². The standard InChI is InChI=1S/C24H21N3O6S/c1-14-11-26-24(34-14)27-23(28)17(10-25)6-16-8-20(29-2)22(21(9-16)30-3)31-12-15-4-5-18-19(7-15)33-13-32-18/h4-9,11H,12-13H2,1-3H3,(H,26,27,28)/b17-6-. The average Bonchev–Trinajstić information content (AvgIpc) is 3.48. The van der Waals surface area contributed by atoms with Crippen LogP contribution in [-0.4, -0.2) is 31.9 Å². The number of rotatable bonds is 8. The van der Waals surface area contributed by atoms with E-state index in [1.807, 2.05) is 31.2 Å². The second kappa shape index (κ2) is 10.1. The molecular weight excluding hydrogens is 458 g/mol. The molecule has 3 aromatic rings. The van der Waals surface area contributed by atoms with Gasteiger partial charge in [0.05, 0.1) is 14.2 Å². The van der Waals surface area contributed by atoms with Crippen molar-refractivity contribution < 1.29 is 28.5 Å². The molecular formula is C24H21N3O6S. The molecule has 0 atom stereocenters. The van der Waals surface area contributed by atoms with E-state index in [2.05, 4.69) is 10.3 Å². The van der Waals surface area contributed by atoms with Crippen LogP contribution in [0.4, 0.5) is 5.13 Å². The number of nitriles is 1. The van der Waals surface area contributed by atoms with Crippen LogP contribution in [0.2, 0.25) is 0 Å². The van der Waals surface area contributed by atoms with Crippen molar-refractivity contribution in [3.63, 3.8) is 0 Å². The number of carbonyl (C=O) groups is 1. The van der Waals surface area contributed by atoms with E-state index in [1.54, 1.807) is 18.3 Å². The molecule has 0 unspecified atom stereocenters. The van der Waals surface area contributed by atoms with E-state index in [1.165, 1.54) is 31.6 Å². The van der Waals surface area contributed by atoms with Crippen LogP contribution in [0, 0.1) is 18.3 Å². The fraction of sp³-hybridized carbons (Fsp3) is 0.208. The summed E-state index contributed by atoms with van der Waals surface area (Å²) < 4.78 is 27.7. The number of benzene rings is 2. The maximum absolute atomic E-state index is 12.5. The molecule has 0 fully saturated rings. The lowest BCUT2D eigenvalue weighted by atomic mass is 10.1. The summed E-state index contributed by atoms with van der Waals surface area (Å²) in [5.74, 6) is 1.96. The number of nitrogens with one attached hydrogen (secondary N) is 1. The van der Waals surface area contributed by atoms with Crippen molar-refractivity contribution in [2.45, 2.75) is 13.5 Å². The van der Waals surface area contributed by atoms with E-state index >= 15 is 0 Å². The highest BCUT2D eigenvalue weighted by Crippen LogP contribution is 2.40. The average molecular weight is 480 g/mol. The van der Waals surface area contributed by atoms with Gasteiger partial charge in [0, 0.05) is 11.1 Å². The van der Waals surface area contributed by atoms with E-state index < -0.39 is 5.91 Å². The molecule has 2 heterocycles. The number of methoxy groups -OCH3 is 2. The number of nitrogens with zero attached hydrogens (tertiary/aromatic N) is 2. The SMILES string of the molecule is COc1cc(/C=C(/C#N)C(=O)Nc2ncc(C)s2)cc(OC)c1OCc1ccc2c(c1)OCO2. The number of carbonyl (C=O) groups excluding carboxylic acids is 1. The highest BCUT2D eigenvalue weighted by Gasteiger charge is 2.18. The van der Waals surface area contributed by atoms with Crippen LogP contribution in [0.15, 0.2) is 42.1 Å². The van der Waals surface area contributed by atoms with E-state index in [0.29, 0.717) is 39.4 Å². The quantitative estimate of drug-likeness (QED) is 0.376. The zero-order valence-electron chi connectivity index (χ0n) is 18.7. The minimum absolute atomic E-state index is 0.0917. The first kappa shape index (κ1) is 22.9. The third-order valence-corrected chi connectivity index (χ3v) is 5.65. The number of ether oxygens (including phenoxy) is 5. The van der Waals surface area contributed by atoms with E-state index in [4.69, 9.17) is 23.7 Å². The second-order valence-electron chi connectivity index (χ2n) is 7.13. The fourth-order valence-electron chi connectivity index (χ4n) is 3.20. The molecule has 1 amide bonds.